The average Bonchev–Trinajstić information content (AvgIpc) is 3.25. The predicted octanol–water partition coefficient (Wildman–Crippen LogP) is 7.14. The number of nitrogens with zero attached hydrogens (tertiary/aromatic N) is 1. The van der Waals surface area contributed by atoms with Gasteiger partial charge in [0.1, 0.15) is 5.75 Å². The van der Waals surface area contributed by atoms with Crippen molar-refractivity contribution in [2.24, 2.45) is 23.5 Å². The molecule has 0 atom stereocenters. The van der Waals surface area contributed by atoms with E-state index < -0.39 is 0 Å². The number of H-pyrrole nitrogens is 1. The van der Waals surface area contributed by atoms with Crippen molar-refractivity contribution in [2.75, 3.05) is 13.7 Å². The Kier molecular flexibility index (Phi) is 5.35. The first-order valence-electron chi connectivity index (χ1n) is 13.9. The van der Waals surface area contributed by atoms with Crippen molar-refractivity contribution in [3.05, 3.63) is 59.7 Å². The van der Waals surface area contributed by atoms with Gasteiger partial charge in [-0.3, -0.25) is 0 Å². The van der Waals surface area contributed by atoms with E-state index in [1.807, 2.05) is 12.1 Å². The maximum atomic E-state index is 5.89. The van der Waals surface area contributed by atoms with Crippen LogP contribution in [0.25, 0.3) is 33.2 Å². The van der Waals surface area contributed by atoms with Gasteiger partial charge in [0.15, 0.2) is 0 Å². The Balaban J connectivity index is 1.37. The smallest absolute Gasteiger partial charge is 0.130 e. The van der Waals surface area contributed by atoms with E-state index >= 15 is 0 Å². The molecular formula is C32H37N3O. The fourth-order valence-electron chi connectivity index (χ4n) is 8.41. The highest BCUT2D eigenvalue weighted by Gasteiger charge is 2.51. The Morgan fingerprint density at radius 3 is 2.42 bits per heavy atom. The minimum atomic E-state index is 0.402. The summed E-state index contributed by atoms with van der Waals surface area (Å²) in [4.78, 5) is 8.85. The van der Waals surface area contributed by atoms with Gasteiger partial charge in [-0.15, -0.1) is 0 Å². The number of pyridine rings is 1. The summed E-state index contributed by atoms with van der Waals surface area (Å²) < 4.78 is 5.79. The Morgan fingerprint density at radius 2 is 1.69 bits per heavy atom. The molecule has 4 fully saturated rings. The van der Waals surface area contributed by atoms with E-state index in [0.717, 1.165) is 71.6 Å². The summed E-state index contributed by atoms with van der Waals surface area (Å²) in [5, 5.41) is 2.43. The topological polar surface area (TPSA) is 63.9 Å². The number of hydrogen-bond acceptors (Lipinski definition) is 3. The van der Waals surface area contributed by atoms with Gasteiger partial charge in [-0.1, -0.05) is 18.2 Å². The molecule has 2 heterocycles. The second-order valence-corrected chi connectivity index (χ2v) is 11.9. The molecule has 0 unspecified atom stereocenters. The first-order valence-corrected chi connectivity index (χ1v) is 13.9. The summed E-state index contributed by atoms with van der Waals surface area (Å²) in [6.07, 6.45) is 11.8. The lowest BCUT2D eigenvalue weighted by atomic mass is 9.48. The Bertz CT molecular complexity index is 1400. The molecule has 3 N–H and O–H groups in total. The van der Waals surface area contributed by atoms with E-state index in [9.17, 15) is 0 Å². The van der Waals surface area contributed by atoms with Gasteiger partial charge in [0, 0.05) is 22.4 Å². The number of unbranched alkanes of at least 4 members (excludes halogenated alkanes) is 1. The number of hydrogen-bond donors (Lipinski definition) is 2. The fourth-order valence-corrected chi connectivity index (χ4v) is 8.41. The number of nitrogens with two attached hydrogens (primary N) is 1. The van der Waals surface area contributed by atoms with Gasteiger partial charge in [-0.2, -0.15) is 0 Å². The molecule has 4 bridgehead atoms. The van der Waals surface area contributed by atoms with Crippen LogP contribution in [0.1, 0.15) is 62.5 Å². The molecule has 0 spiro atoms. The lowest BCUT2D eigenvalue weighted by Crippen LogP contribution is -2.48. The zero-order chi connectivity index (χ0) is 24.3. The van der Waals surface area contributed by atoms with Crippen molar-refractivity contribution in [3.63, 3.8) is 0 Å². The van der Waals surface area contributed by atoms with Crippen LogP contribution in [0.15, 0.2) is 48.5 Å². The van der Waals surface area contributed by atoms with Crippen LogP contribution in [0.3, 0.4) is 0 Å². The summed E-state index contributed by atoms with van der Waals surface area (Å²) in [7, 11) is 1.75. The maximum absolute atomic E-state index is 5.89. The number of benzene rings is 2. The summed E-state index contributed by atoms with van der Waals surface area (Å²) in [5.74, 6) is 3.72. The lowest BCUT2D eigenvalue weighted by molar-refractivity contribution is -0.00513. The number of fused-ring (bicyclic) bond motifs is 2. The standard InChI is InChI=1S/C32H37N3O/c1-36-30-16-29(34-27-8-3-2-7-25(27)30)31-24(6-4-5-11-33)26-15-23(9-10-28(26)35-31)32-17-20-12-21(18-32)14-22(13-20)19-32/h2-3,7-10,15-16,20-22,35H,4-6,11-14,17-19,33H2,1H3. The van der Waals surface area contributed by atoms with Gasteiger partial charge >= 0.3 is 0 Å². The molecule has 4 aliphatic carbocycles. The predicted molar refractivity (Wildman–Crippen MR) is 147 cm³/mol. The summed E-state index contributed by atoms with van der Waals surface area (Å²) >= 11 is 0. The van der Waals surface area contributed by atoms with Crippen molar-refractivity contribution >= 4 is 21.8 Å². The molecule has 4 aliphatic rings. The molecule has 2 aromatic heterocycles. The number of rotatable bonds is 7. The second-order valence-electron chi connectivity index (χ2n) is 11.9. The van der Waals surface area contributed by atoms with Gasteiger partial charge in [0.2, 0.25) is 0 Å². The third-order valence-corrected chi connectivity index (χ3v) is 9.59. The largest absolute Gasteiger partial charge is 0.496 e. The van der Waals surface area contributed by atoms with Crippen molar-refractivity contribution in [1.82, 2.24) is 9.97 Å². The van der Waals surface area contributed by atoms with Crippen molar-refractivity contribution < 1.29 is 4.74 Å². The van der Waals surface area contributed by atoms with E-state index in [4.69, 9.17) is 15.5 Å². The molecule has 4 aromatic rings. The number of aromatic amines is 1. The van der Waals surface area contributed by atoms with E-state index in [-0.39, 0.29) is 0 Å². The van der Waals surface area contributed by atoms with E-state index in [1.165, 1.54) is 55.0 Å². The highest BCUT2D eigenvalue weighted by Crippen LogP contribution is 2.61. The van der Waals surface area contributed by atoms with Crippen LogP contribution in [-0.2, 0) is 11.8 Å². The number of methoxy groups -OCH3 is 1. The summed E-state index contributed by atoms with van der Waals surface area (Å²) in [6.45, 7) is 0.734. The van der Waals surface area contributed by atoms with Crippen LogP contribution < -0.4 is 10.5 Å². The summed E-state index contributed by atoms with van der Waals surface area (Å²) in [6, 6.07) is 17.7. The SMILES string of the molecule is COc1cc(-c2[nH]c3ccc(C45CC6CC(CC(C6)C4)C5)cc3c2CCCCN)nc2ccccc12. The molecule has 4 heteroatoms. The quantitative estimate of drug-likeness (QED) is 0.277. The molecule has 0 saturated heterocycles. The van der Waals surface area contributed by atoms with Crippen molar-refractivity contribution in [2.45, 2.75) is 63.2 Å². The van der Waals surface area contributed by atoms with Gasteiger partial charge in [0.05, 0.1) is 24.0 Å². The number of aromatic nitrogens is 2. The van der Waals surface area contributed by atoms with Gasteiger partial charge in [-0.05, 0) is 123 Å². The molecule has 186 valence electrons. The van der Waals surface area contributed by atoms with Gasteiger partial charge < -0.3 is 15.5 Å². The van der Waals surface area contributed by atoms with E-state index in [2.05, 4.69) is 41.4 Å². The minimum absolute atomic E-state index is 0.402. The lowest BCUT2D eigenvalue weighted by Gasteiger charge is -2.57. The highest BCUT2D eigenvalue weighted by atomic mass is 16.5. The van der Waals surface area contributed by atoms with Crippen LogP contribution in [0.2, 0.25) is 0 Å². The fraction of sp³-hybridized carbons (Fsp3) is 0.469. The third-order valence-electron chi connectivity index (χ3n) is 9.59. The average molecular weight is 480 g/mol. The number of para-hydroxylation sites is 1. The van der Waals surface area contributed by atoms with E-state index in [0.29, 0.717) is 5.41 Å². The monoisotopic (exact) mass is 479 g/mol. The molecular weight excluding hydrogens is 442 g/mol. The second kappa shape index (κ2) is 8.62. The first-order chi connectivity index (χ1) is 17.7. The van der Waals surface area contributed by atoms with Crippen molar-refractivity contribution in [3.8, 4) is 17.1 Å². The molecule has 4 nitrogen and oxygen atoms in total. The van der Waals surface area contributed by atoms with Crippen LogP contribution in [-0.4, -0.2) is 23.6 Å². The number of ether oxygens (including phenoxy) is 1. The molecule has 0 aliphatic heterocycles. The maximum Gasteiger partial charge on any atom is 0.130 e. The zero-order valence-electron chi connectivity index (χ0n) is 21.4. The first kappa shape index (κ1) is 22.4. The number of nitrogens with one attached hydrogen (secondary N) is 1. The van der Waals surface area contributed by atoms with E-state index in [1.54, 1.807) is 12.7 Å². The summed E-state index contributed by atoms with van der Waals surface area (Å²) in [5.41, 5.74) is 13.5. The molecule has 4 saturated carbocycles. The minimum Gasteiger partial charge on any atom is -0.496 e. The van der Waals surface area contributed by atoms with Crippen molar-refractivity contribution in [1.29, 1.82) is 0 Å². The Hall–Kier alpha value is -2.85. The molecule has 2 aromatic carbocycles. The molecule has 0 radical (unpaired) electrons. The zero-order valence-corrected chi connectivity index (χ0v) is 21.4. The van der Waals surface area contributed by atoms with Crippen LogP contribution >= 0.6 is 0 Å². The molecule has 8 rings (SSSR count). The number of aryl methyl sites for hydroxylation is 1. The highest BCUT2D eigenvalue weighted by molar-refractivity contribution is 5.93. The van der Waals surface area contributed by atoms with Gasteiger partial charge in [-0.25, -0.2) is 4.98 Å². The van der Waals surface area contributed by atoms with Crippen LogP contribution in [0.4, 0.5) is 0 Å². The van der Waals surface area contributed by atoms with Crippen LogP contribution in [0.5, 0.6) is 5.75 Å². The Labute approximate surface area is 213 Å². The molecule has 36 heavy (non-hydrogen) atoms. The third kappa shape index (κ3) is 3.56. The molecule has 0 amide bonds. The normalized spacial score (nSPS) is 26.8. The van der Waals surface area contributed by atoms with Crippen LogP contribution in [0, 0.1) is 17.8 Å². The Morgan fingerprint density at radius 1 is 0.944 bits per heavy atom. The van der Waals surface area contributed by atoms with Gasteiger partial charge in [0.25, 0.3) is 0 Å².